The Hall–Kier alpha value is -0.920. The van der Waals surface area contributed by atoms with E-state index in [0.29, 0.717) is 23.7 Å². The number of aromatic amines is 1. The Morgan fingerprint density at radius 3 is 2.58 bits per heavy atom. The maximum absolute atomic E-state index is 12.3. The molecule has 6 nitrogen and oxygen atoms in total. The lowest BCUT2D eigenvalue weighted by molar-refractivity contribution is 0.357. The second kappa shape index (κ2) is 4.88. The Morgan fingerprint density at radius 1 is 1.47 bits per heavy atom. The van der Waals surface area contributed by atoms with Crippen LogP contribution >= 0.6 is 0 Å². The van der Waals surface area contributed by atoms with Crippen molar-refractivity contribution in [1.29, 1.82) is 0 Å². The number of sulfonamides is 1. The van der Waals surface area contributed by atoms with Crippen molar-refractivity contribution in [1.82, 2.24) is 14.9 Å². The first-order chi connectivity index (χ1) is 8.82. The summed E-state index contributed by atoms with van der Waals surface area (Å²) in [6, 6.07) is 0. The molecule has 0 amide bonds. The van der Waals surface area contributed by atoms with Gasteiger partial charge in [0.2, 0.25) is 0 Å². The molecule has 0 saturated heterocycles. The number of aryl methyl sites for hydroxylation is 1. The van der Waals surface area contributed by atoms with Crippen LogP contribution in [0.25, 0.3) is 0 Å². The SMILES string of the molecule is Cc1[nH]nc(S(=O)(=O)NCC2(C(C)C)CC2)c1CN. The van der Waals surface area contributed by atoms with Crippen molar-refractivity contribution in [2.75, 3.05) is 6.54 Å². The standard InChI is InChI=1S/C12H22N4O2S/c1-8(2)12(4-5-12)7-14-19(17,18)11-10(6-13)9(3)15-16-11/h8,14H,4-7,13H2,1-3H3,(H,15,16). The van der Waals surface area contributed by atoms with Crippen LogP contribution in [-0.4, -0.2) is 25.2 Å². The van der Waals surface area contributed by atoms with Gasteiger partial charge < -0.3 is 5.73 Å². The largest absolute Gasteiger partial charge is 0.326 e. The average Bonchev–Trinajstić information content (AvgIpc) is 3.04. The highest BCUT2D eigenvalue weighted by molar-refractivity contribution is 7.89. The van der Waals surface area contributed by atoms with Crippen LogP contribution in [0, 0.1) is 18.3 Å². The number of H-pyrrole nitrogens is 1. The highest BCUT2D eigenvalue weighted by atomic mass is 32.2. The third-order valence-electron chi connectivity index (χ3n) is 4.23. The quantitative estimate of drug-likeness (QED) is 0.723. The van der Waals surface area contributed by atoms with Gasteiger partial charge in [-0.15, -0.1) is 0 Å². The molecule has 7 heteroatoms. The number of nitrogens with zero attached hydrogens (tertiary/aromatic N) is 1. The molecule has 1 fully saturated rings. The van der Waals surface area contributed by atoms with Gasteiger partial charge in [-0.1, -0.05) is 13.8 Å². The first-order valence-electron chi connectivity index (χ1n) is 6.56. The van der Waals surface area contributed by atoms with E-state index >= 15 is 0 Å². The normalized spacial score (nSPS) is 17.9. The van der Waals surface area contributed by atoms with Gasteiger partial charge >= 0.3 is 0 Å². The lowest BCUT2D eigenvalue weighted by atomic mass is 9.93. The second-order valence-electron chi connectivity index (χ2n) is 5.68. The van der Waals surface area contributed by atoms with E-state index in [1.54, 1.807) is 6.92 Å². The minimum Gasteiger partial charge on any atom is -0.326 e. The monoisotopic (exact) mass is 286 g/mol. The van der Waals surface area contributed by atoms with E-state index in [1.807, 2.05) is 0 Å². The van der Waals surface area contributed by atoms with Gasteiger partial charge in [-0.3, -0.25) is 5.10 Å². The van der Waals surface area contributed by atoms with Crippen molar-refractivity contribution in [3.8, 4) is 0 Å². The van der Waals surface area contributed by atoms with E-state index in [-0.39, 0.29) is 17.0 Å². The van der Waals surface area contributed by atoms with E-state index in [4.69, 9.17) is 5.73 Å². The van der Waals surface area contributed by atoms with E-state index in [1.165, 1.54) is 0 Å². The fourth-order valence-corrected chi connectivity index (χ4v) is 3.66. The lowest BCUT2D eigenvalue weighted by Crippen LogP contribution is -2.33. The van der Waals surface area contributed by atoms with Crippen molar-refractivity contribution in [2.24, 2.45) is 17.1 Å². The van der Waals surface area contributed by atoms with Crippen molar-refractivity contribution in [3.63, 3.8) is 0 Å². The molecule has 1 heterocycles. The Balaban J connectivity index is 2.15. The van der Waals surface area contributed by atoms with Crippen LogP contribution in [-0.2, 0) is 16.6 Å². The zero-order chi connectivity index (χ0) is 14.3. The summed E-state index contributed by atoms with van der Waals surface area (Å²) >= 11 is 0. The molecule has 108 valence electrons. The number of nitrogens with two attached hydrogens (primary N) is 1. The minimum absolute atomic E-state index is 0.0343. The van der Waals surface area contributed by atoms with E-state index in [2.05, 4.69) is 28.8 Å². The first-order valence-corrected chi connectivity index (χ1v) is 8.04. The minimum atomic E-state index is -3.58. The predicted octanol–water partition coefficient (Wildman–Crippen LogP) is 0.891. The van der Waals surface area contributed by atoms with Crippen LogP contribution < -0.4 is 10.5 Å². The summed E-state index contributed by atoms with van der Waals surface area (Å²) in [6.45, 7) is 6.66. The van der Waals surface area contributed by atoms with Gasteiger partial charge in [0.25, 0.3) is 10.0 Å². The summed E-state index contributed by atoms with van der Waals surface area (Å²) < 4.78 is 27.2. The zero-order valence-corrected chi connectivity index (χ0v) is 12.5. The van der Waals surface area contributed by atoms with Crippen molar-refractivity contribution in [3.05, 3.63) is 11.3 Å². The third kappa shape index (κ3) is 2.68. The summed E-state index contributed by atoms with van der Waals surface area (Å²) in [5, 5.41) is 6.58. The molecule has 0 unspecified atom stereocenters. The molecule has 0 radical (unpaired) electrons. The molecule has 0 aromatic carbocycles. The van der Waals surface area contributed by atoms with Crippen LogP contribution in [0.3, 0.4) is 0 Å². The fraction of sp³-hybridized carbons (Fsp3) is 0.750. The molecule has 0 bridgehead atoms. The molecule has 1 aromatic rings. The molecule has 0 aliphatic heterocycles. The highest BCUT2D eigenvalue weighted by Gasteiger charge is 2.46. The number of rotatable bonds is 6. The molecular weight excluding hydrogens is 264 g/mol. The van der Waals surface area contributed by atoms with E-state index < -0.39 is 10.0 Å². The molecule has 1 aliphatic rings. The predicted molar refractivity (Wildman–Crippen MR) is 72.9 cm³/mol. The smallest absolute Gasteiger partial charge is 0.260 e. The van der Waals surface area contributed by atoms with Gasteiger partial charge in [0, 0.05) is 24.3 Å². The average molecular weight is 286 g/mol. The number of hydrogen-bond acceptors (Lipinski definition) is 4. The van der Waals surface area contributed by atoms with Gasteiger partial charge in [0.05, 0.1) is 0 Å². The number of aromatic nitrogens is 2. The third-order valence-corrected chi connectivity index (χ3v) is 5.60. The fourth-order valence-electron chi connectivity index (χ4n) is 2.32. The van der Waals surface area contributed by atoms with Crippen LogP contribution in [0.1, 0.15) is 37.9 Å². The van der Waals surface area contributed by atoms with Gasteiger partial charge in [-0.05, 0) is 31.1 Å². The molecular formula is C12H22N4O2S. The van der Waals surface area contributed by atoms with Crippen LogP contribution in [0.15, 0.2) is 5.03 Å². The van der Waals surface area contributed by atoms with Crippen molar-refractivity contribution in [2.45, 2.75) is 45.2 Å². The van der Waals surface area contributed by atoms with Gasteiger partial charge in [-0.25, -0.2) is 13.1 Å². The van der Waals surface area contributed by atoms with Gasteiger partial charge in [0.1, 0.15) is 0 Å². The highest BCUT2D eigenvalue weighted by Crippen LogP contribution is 2.51. The van der Waals surface area contributed by atoms with Gasteiger partial charge in [-0.2, -0.15) is 5.10 Å². The second-order valence-corrected chi connectivity index (χ2v) is 7.36. The summed E-state index contributed by atoms with van der Waals surface area (Å²) in [6.07, 6.45) is 2.16. The molecule has 0 atom stereocenters. The van der Waals surface area contributed by atoms with Crippen molar-refractivity contribution >= 4 is 10.0 Å². The summed E-state index contributed by atoms with van der Waals surface area (Å²) in [7, 11) is -3.58. The summed E-state index contributed by atoms with van der Waals surface area (Å²) in [5.41, 5.74) is 6.97. The van der Waals surface area contributed by atoms with E-state index in [9.17, 15) is 8.42 Å². The van der Waals surface area contributed by atoms with Crippen LogP contribution in [0.4, 0.5) is 0 Å². The molecule has 19 heavy (non-hydrogen) atoms. The Bertz CT molecular complexity index is 558. The number of hydrogen-bond donors (Lipinski definition) is 3. The van der Waals surface area contributed by atoms with Crippen LogP contribution in [0.2, 0.25) is 0 Å². The Morgan fingerprint density at radius 2 is 2.11 bits per heavy atom. The molecule has 4 N–H and O–H groups in total. The zero-order valence-electron chi connectivity index (χ0n) is 11.7. The van der Waals surface area contributed by atoms with Gasteiger partial charge in [0.15, 0.2) is 5.03 Å². The molecule has 1 aromatic heterocycles. The lowest BCUT2D eigenvalue weighted by Gasteiger charge is -2.19. The molecule has 1 aliphatic carbocycles. The van der Waals surface area contributed by atoms with Crippen LogP contribution in [0.5, 0.6) is 0 Å². The topological polar surface area (TPSA) is 101 Å². The Labute approximate surface area is 114 Å². The maximum atomic E-state index is 12.3. The van der Waals surface area contributed by atoms with Crippen molar-refractivity contribution < 1.29 is 8.42 Å². The first kappa shape index (κ1) is 14.5. The maximum Gasteiger partial charge on any atom is 0.260 e. The molecule has 1 saturated carbocycles. The summed E-state index contributed by atoms with van der Waals surface area (Å²) in [5.74, 6) is 0.477. The van der Waals surface area contributed by atoms with E-state index in [0.717, 1.165) is 12.8 Å². The molecule has 0 spiro atoms. The number of nitrogens with one attached hydrogen (secondary N) is 2. The Kier molecular flexibility index (Phi) is 3.72. The summed E-state index contributed by atoms with van der Waals surface area (Å²) in [4.78, 5) is 0. The molecule has 2 rings (SSSR count).